The normalized spacial score (nSPS) is 21.7. The van der Waals surface area contributed by atoms with Gasteiger partial charge in [-0.2, -0.15) is 0 Å². The largest absolute Gasteiger partial charge is 0.378 e. The van der Waals surface area contributed by atoms with Gasteiger partial charge in [-0.3, -0.25) is 4.79 Å². The molecule has 15 heavy (non-hydrogen) atoms. The molecule has 1 heterocycles. The van der Waals surface area contributed by atoms with Gasteiger partial charge in [0.15, 0.2) is 0 Å². The number of nitrogens with two attached hydrogens (primary N) is 1. The van der Waals surface area contributed by atoms with Crippen molar-refractivity contribution < 1.29 is 18.3 Å². The molecule has 1 rings (SSSR count). The number of hydrogen-bond acceptors (Lipinski definition) is 3. The number of carbonyl (C=O) groups excluding carboxylic acids is 1. The summed E-state index contributed by atoms with van der Waals surface area (Å²) in [5.41, 5.74) is 4.83. The average Bonchev–Trinajstić information content (AvgIpc) is 2.68. The first-order valence-electron chi connectivity index (χ1n) is 5.00. The highest BCUT2D eigenvalue weighted by Gasteiger charge is 2.28. The van der Waals surface area contributed by atoms with Gasteiger partial charge in [-0.05, 0) is 12.8 Å². The highest BCUT2D eigenvalue weighted by Crippen LogP contribution is 2.15. The molecule has 0 aromatic carbocycles. The molecular formula is C9H16F2N2O2. The lowest BCUT2D eigenvalue weighted by Gasteiger charge is -2.15. The minimum absolute atomic E-state index is 0.114. The van der Waals surface area contributed by atoms with Crippen molar-refractivity contribution in [2.24, 2.45) is 5.73 Å². The van der Waals surface area contributed by atoms with E-state index in [2.05, 4.69) is 5.32 Å². The Bertz CT molecular complexity index is 218. The lowest BCUT2D eigenvalue weighted by atomic mass is 10.2. The fourth-order valence-electron chi connectivity index (χ4n) is 1.38. The third-order valence-corrected chi connectivity index (χ3v) is 2.28. The molecule has 1 aliphatic heterocycles. The maximum Gasteiger partial charge on any atom is 0.277 e. The number of alkyl halides is 2. The zero-order chi connectivity index (χ0) is 11.3. The molecule has 1 fully saturated rings. The van der Waals surface area contributed by atoms with E-state index in [1.165, 1.54) is 0 Å². The van der Waals surface area contributed by atoms with Crippen LogP contribution in [-0.4, -0.2) is 37.6 Å². The molecule has 0 aromatic heterocycles. The van der Waals surface area contributed by atoms with Gasteiger partial charge in [0, 0.05) is 6.61 Å². The maximum atomic E-state index is 12.7. The Morgan fingerprint density at radius 2 is 2.33 bits per heavy atom. The number of nitrogens with one attached hydrogen (secondary N) is 1. The minimum atomic E-state index is -3.02. The van der Waals surface area contributed by atoms with Gasteiger partial charge < -0.3 is 15.8 Å². The van der Waals surface area contributed by atoms with Gasteiger partial charge in [0.05, 0.1) is 25.6 Å². The number of carbonyl (C=O) groups is 1. The summed E-state index contributed by atoms with van der Waals surface area (Å²) >= 11 is 0. The molecule has 0 saturated carbocycles. The minimum Gasteiger partial charge on any atom is -0.378 e. The van der Waals surface area contributed by atoms with Gasteiger partial charge in [-0.1, -0.05) is 0 Å². The molecule has 1 amide bonds. The van der Waals surface area contributed by atoms with E-state index >= 15 is 0 Å². The zero-order valence-corrected chi connectivity index (χ0v) is 8.47. The van der Waals surface area contributed by atoms with Crippen molar-refractivity contribution >= 4 is 5.91 Å². The Kier molecular flexibility index (Phi) is 4.41. The summed E-state index contributed by atoms with van der Waals surface area (Å²) in [6.07, 6.45) is 1.79. The van der Waals surface area contributed by atoms with E-state index in [1.54, 1.807) is 0 Å². The van der Waals surface area contributed by atoms with Gasteiger partial charge in [0.25, 0.3) is 5.92 Å². The second-order valence-electron chi connectivity index (χ2n) is 3.68. The first-order chi connectivity index (χ1) is 7.03. The number of halogens is 2. The zero-order valence-electron chi connectivity index (χ0n) is 8.47. The molecule has 1 aliphatic rings. The SMILES string of the molecule is NCC(F)(F)CNC(=O)CC1CCCO1. The van der Waals surface area contributed by atoms with E-state index in [9.17, 15) is 13.6 Å². The molecule has 0 radical (unpaired) electrons. The predicted octanol–water partition coefficient (Wildman–Crippen LogP) is 0.266. The number of rotatable bonds is 5. The topological polar surface area (TPSA) is 64.3 Å². The maximum absolute atomic E-state index is 12.7. The monoisotopic (exact) mass is 222 g/mol. The van der Waals surface area contributed by atoms with Crippen molar-refractivity contribution in [1.82, 2.24) is 5.32 Å². The predicted molar refractivity (Wildman–Crippen MR) is 50.6 cm³/mol. The summed E-state index contributed by atoms with van der Waals surface area (Å²) < 4.78 is 30.5. The molecule has 6 heteroatoms. The molecule has 0 bridgehead atoms. The fraction of sp³-hybridized carbons (Fsp3) is 0.889. The second kappa shape index (κ2) is 5.37. The summed E-state index contributed by atoms with van der Waals surface area (Å²) in [6, 6.07) is 0. The molecule has 0 spiro atoms. The molecule has 88 valence electrons. The third-order valence-electron chi connectivity index (χ3n) is 2.28. The van der Waals surface area contributed by atoms with E-state index < -0.39 is 24.9 Å². The smallest absolute Gasteiger partial charge is 0.277 e. The highest BCUT2D eigenvalue weighted by atomic mass is 19.3. The molecular weight excluding hydrogens is 206 g/mol. The molecule has 4 nitrogen and oxygen atoms in total. The molecule has 1 unspecified atom stereocenters. The Hall–Kier alpha value is -0.750. The van der Waals surface area contributed by atoms with Crippen LogP contribution in [-0.2, 0) is 9.53 Å². The highest BCUT2D eigenvalue weighted by molar-refractivity contribution is 5.76. The Balaban J connectivity index is 2.18. The van der Waals surface area contributed by atoms with Crippen molar-refractivity contribution in [2.75, 3.05) is 19.7 Å². The number of amides is 1. The van der Waals surface area contributed by atoms with Crippen LogP contribution in [0.5, 0.6) is 0 Å². The van der Waals surface area contributed by atoms with E-state index in [0.29, 0.717) is 6.61 Å². The summed E-state index contributed by atoms with van der Waals surface area (Å²) in [6.45, 7) is -0.806. The van der Waals surface area contributed by atoms with Gasteiger partial charge in [0.2, 0.25) is 5.91 Å². The summed E-state index contributed by atoms with van der Waals surface area (Å²) in [5, 5.41) is 2.15. The van der Waals surface area contributed by atoms with Crippen LogP contribution in [0.3, 0.4) is 0 Å². The van der Waals surface area contributed by atoms with E-state index in [1.807, 2.05) is 0 Å². The van der Waals surface area contributed by atoms with Gasteiger partial charge in [0.1, 0.15) is 0 Å². The van der Waals surface area contributed by atoms with Crippen molar-refractivity contribution in [3.8, 4) is 0 Å². The first-order valence-corrected chi connectivity index (χ1v) is 5.00. The molecule has 0 aliphatic carbocycles. The molecule has 3 N–H and O–H groups in total. The van der Waals surface area contributed by atoms with Crippen LogP contribution < -0.4 is 11.1 Å². The first kappa shape index (κ1) is 12.3. The van der Waals surface area contributed by atoms with Crippen molar-refractivity contribution in [3.63, 3.8) is 0 Å². The van der Waals surface area contributed by atoms with Crippen LogP contribution in [0.25, 0.3) is 0 Å². The van der Waals surface area contributed by atoms with Crippen LogP contribution in [0.1, 0.15) is 19.3 Å². The van der Waals surface area contributed by atoms with Crippen molar-refractivity contribution in [3.05, 3.63) is 0 Å². The Morgan fingerprint density at radius 1 is 1.60 bits per heavy atom. The van der Waals surface area contributed by atoms with Gasteiger partial charge in [-0.15, -0.1) is 0 Å². The van der Waals surface area contributed by atoms with Crippen LogP contribution in [0.2, 0.25) is 0 Å². The van der Waals surface area contributed by atoms with Crippen LogP contribution >= 0.6 is 0 Å². The summed E-state index contributed by atoms with van der Waals surface area (Å²) in [5.74, 6) is -3.43. The summed E-state index contributed by atoms with van der Waals surface area (Å²) in [7, 11) is 0. The third kappa shape index (κ3) is 4.53. The second-order valence-corrected chi connectivity index (χ2v) is 3.68. The van der Waals surface area contributed by atoms with Crippen molar-refractivity contribution in [1.29, 1.82) is 0 Å². The van der Waals surface area contributed by atoms with Crippen LogP contribution in [0, 0.1) is 0 Å². The number of hydrogen-bond donors (Lipinski definition) is 2. The lowest BCUT2D eigenvalue weighted by Crippen LogP contribution is -2.42. The Morgan fingerprint density at radius 3 is 2.87 bits per heavy atom. The molecule has 0 aromatic rings. The fourth-order valence-corrected chi connectivity index (χ4v) is 1.38. The molecule has 1 saturated heterocycles. The van der Waals surface area contributed by atoms with Crippen LogP contribution in [0.15, 0.2) is 0 Å². The quantitative estimate of drug-likeness (QED) is 0.701. The number of ether oxygens (including phenoxy) is 1. The van der Waals surface area contributed by atoms with E-state index in [-0.39, 0.29) is 12.5 Å². The van der Waals surface area contributed by atoms with Crippen LogP contribution in [0.4, 0.5) is 8.78 Å². The summed E-state index contributed by atoms with van der Waals surface area (Å²) in [4.78, 5) is 11.2. The standard InChI is InChI=1S/C9H16F2N2O2/c10-9(11,5-12)6-13-8(14)4-7-2-1-3-15-7/h7H,1-6,12H2,(H,13,14). The van der Waals surface area contributed by atoms with Crippen molar-refractivity contribution in [2.45, 2.75) is 31.3 Å². The van der Waals surface area contributed by atoms with Gasteiger partial charge in [-0.25, -0.2) is 8.78 Å². The average molecular weight is 222 g/mol. The van der Waals surface area contributed by atoms with E-state index in [4.69, 9.17) is 10.5 Å². The lowest BCUT2D eigenvalue weighted by molar-refractivity contribution is -0.125. The molecule has 1 atom stereocenters. The van der Waals surface area contributed by atoms with E-state index in [0.717, 1.165) is 12.8 Å². The Labute approximate surface area is 87.1 Å². The van der Waals surface area contributed by atoms with Gasteiger partial charge >= 0.3 is 0 Å².